The van der Waals surface area contributed by atoms with Gasteiger partial charge < -0.3 is 15.2 Å². The summed E-state index contributed by atoms with van der Waals surface area (Å²) in [4.78, 5) is 30.4. The molecule has 0 aliphatic heterocycles. The number of ether oxygens (including phenoxy) is 1. The van der Waals surface area contributed by atoms with Crippen LogP contribution in [0.5, 0.6) is 5.75 Å². The number of aliphatic hydroxyl groups excluding tert-OH is 1. The fourth-order valence-corrected chi connectivity index (χ4v) is 2.32. The van der Waals surface area contributed by atoms with Gasteiger partial charge in [-0.15, -0.1) is 0 Å². The van der Waals surface area contributed by atoms with E-state index < -0.39 is 11.0 Å². The number of hydrogen-bond donors (Lipinski definition) is 2. The van der Waals surface area contributed by atoms with Crippen LogP contribution in [-0.2, 0) is 0 Å². The van der Waals surface area contributed by atoms with Gasteiger partial charge in [-0.3, -0.25) is 24.9 Å². The maximum Gasteiger partial charge on any atom is 0.269 e. The van der Waals surface area contributed by atoms with Crippen LogP contribution in [0, 0.1) is 10.1 Å². The molecular formula is C18H16N4O5. The summed E-state index contributed by atoms with van der Waals surface area (Å²) in [5, 5.41) is 23.9. The molecule has 0 aliphatic carbocycles. The van der Waals surface area contributed by atoms with Gasteiger partial charge in [-0.2, -0.15) is 0 Å². The standard InChI is InChI=1S/C18H16N4O5/c23-15(11-27-16-3-1-14(2-4-16)22(25)26)9-21-18(24)13-7-12-5-6-19-10-17(12)20-8-13/h1-8,10,15,23H,9,11H2,(H,21,24). The van der Waals surface area contributed by atoms with Gasteiger partial charge >= 0.3 is 0 Å². The van der Waals surface area contributed by atoms with E-state index in [1.54, 1.807) is 24.5 Å². The number of non-ortho nitro benzene ring substituents is 1. The highest BCUT2D eigenvalue weighted by Gasteiger charge is 2.11. The number of benzene rings is 1. The minimum Gasteiger partial charge on any atom is -0.491 e. The zero-order valence-corrected chi connectivity index (χ0v) is 14.1. The van der Waals surface area contributed by atoms with Crippen molar-refractivity contribution in [1.29, 1.82) is 0 Å². The average Bonchev–Trinajstić information content (AvgIpc) is 2.70. The Morgan fingerprint density at radius 3 is 2.78 bits per heavy atom. The summed E-state index contributed by atoms with van der Waals surface area (Å²) in [7, 11) is 0. The van der Waals surface area contributed by atoms with Crippen LogP contribution in [0.15, 0.2) is 55.0 Å². The number of pyridine rings is 2. The van der Waals surface area contributed by atoms with E-state index in [0.717, 1.165) is 5.39 Å². The molecule has 9 heteroatoms. The third kappa shape index (κ3) is 4.73. The van der Waals surface area contributed by atoms with Gasteiger partial charge in [0.2, 0.25) is 0 Å². The summed E-state index contributed by atoms with van der Waals surface area (Å²) in [6.45, 7) is -0.0834. The van der Waals surface area contributed by atoms with Crippen molar-refractivity contribution < 1.29 is 19.6 Å². The van der Waals surface area contributed by atoms with Crippen molar-refractivity contribution in [3.8, 4) is 5.75 Å². The summed E-state index contributed by atoms with van der Waals surface area (Å²) in [6, 6.07) is 8.96. The SMILES string of the molecule is O=C(NCC(O)COc1ccc([N+](=O)[O-])cc1)c1cnc2cnccc2c1. The van der Waals surface area contributed by atoms with Crippen molar-refractivity contribution in [3.05, 3.63) is 70.7 Å². The van der Waals surface area contributed by atoms with Gasteiger partial charge in [0, 0.05) is 36.5 Å². The lowest BCUT2D eigenvalue weighted by molar-refractivity contribution is -0.384. The number of aromatic nitrogens is 2. The number of nitrogens with one attached hydrogen (secondary N) is 1. The molecular weight excluding hydrogens is 352 g/mol. The molecule has 2 aromatic heterocycles. The number of fused-ring (bicyclic) bond motifs is 1. The van der Waals surface area contributed by atoms with Crippen molar-refractivity contribution in [2.45, 2.75) is 6.10 Å². The molecule has 1 aromatic carbocycles. The lowest BCUT2D eigenvalue weighted by Gasteiger charge is -2.13. The first kappa shape index (κ1) is 18.2. The van der Waals surface area contributed by atoms with Crippen molar-refractivity contribution in [2.75, 3.05) is 13.2 Å². The van der Waals surface area contributed by atoms with Gasteiger partial charge in [0.25, 0.3) is 11.6 Å². The van der Waals surface area contributed by atoms with Crippen LogP contribution in [0.3, 0.4) is 0 Å². The zero-order chi connectivity index (χ0) is 19.2. The van der Waals surface area contributed by atoms with Gasteiger partial charge in [0.05, 0.1) is 22.2 Å². The number of amides is 1. The van der Waals surface area contributed by atoms with Gasteiger partial charge in [-0.25, -0.2) is 0 Å². The number of nitro benzene ring substituents is 1. The van der Waals surface area contributed by atoms with Crippen molar-refractivity contribution >= 4 is 22.5 Å². The van der Waals surface area contributed by atoms with Crippen LogP contribution in [-0.4, -0.2) is 45.2 Å². The summed E-state index contributed by atoms with van der Waals surface area (Å²) in [5.41, 5.74) is 1.01. The zero-order valence-electron chi connectivity index (χ0n) is 14.1. The number of carbonyl (C=O) groups excluding carboxylic acids is 1. The topological polar surface area (TPSA) is 127 Å². The molecule has 0 saturated carbocycles. The lowest BCUT2D eigenvalue weighted by atomic mass is 10.2. The van der Waals surface area contributed by atoms with Gasteiger partial charge in [-0.1, -0.05) is 0 Å². The third-order valence-electron chi connectivity index (χ3n) is 3.74. The average molecular weight is 368 g/mol. The predicted octanol–water partition coefficient (Wildman–Crippen LogP) is 1.71. The second-order valence-corrected chi connectivity index (χ2v) is 5.72. The molecule has 3 aromatic rings. The second-order valence-electron chi connectivity index (χ2n) is 5.72. The maximum atomic E-state index is 12.2. The first-order valence-corrected chi connectivity index (χ1v) is 8.06. The maximum absolute atomic E-state index is 12.2. The number of rotatable bonds is 7. The van der Waals surface area contributed by atoms with E-state index in [4.69, 9.17) is 4.74 Å². The van der Waals surface area contributed by atoms with Gasteiger partial charge in [0.15, 0.2) is 0 Å². The summed E-state index contributed by atoms with van der Waals surface area (Å²) in [5.74, 6) is 0.0221. The first-order chi connectivity index (χ1) is 13.0. The molecule has 0 aliphatic rings. The quantitative estimate of drug-likeness (QED) is 0.480. The molecule has 27 heavy (non-hydrogen) atoms. The molecule has 0 radical (unpaired) electrons. The van der Waals surface area contributed by atoms with Crippen LogP contribution >= 0.6 is 0 Å². The molecule has 3 rings (SSSR count). The summed E-state index contributed by atoms with van der Waals surface area (Å²) >= 11 is 0. The molecule has 2 N–H and O–H groups in total. The van der Waals surface area contributed by atoms with Crippen LogP contribution < -0.4 is 10.1 Å². The minimum atomic E-state index is -0.943. The number of aliphatic hydroxyl groups is 1. The molecule has 1 atom stereocenters. The molecule has 9 nitrogen and oxygen atoms in total. The highest BCUT2D eigenvalue weighted by molar-refractivity contribution is 5.97. The fourth-order valence-electron chi connectivity index (χ4n) is 2.32. The Labute approximate surface area is 153 Å². The van der Waals surface area contributed by atoms with Crippen LogP contribution in [0.4, 0.5) is 5.69 Å². The lowest BCUT2D eigenvalue weighted by Crippen LogP contribution is -2.35. The van der Waals surface area contributed by atoms with E-state index in [9.17, 15) is 20.0 Å². The molecule has 138 valence electrons. The normalized spacial score (nSPS) is 11.7. The Hall–Kier alpha value is -3.59. The summed E-state index contributed by atoms with van der Waals surface area (Å²) < 4.78 is 5.35. The largest absolute Gasteiger partial charge is 0.491 e. The van der Waals surface area contributed by atoms with E-state index in [0.29, 0.717) is 16.8 Å². The Balaban J connectivity index is 1.49. The van der Waals surface area contributed by atoms with Crippen LogP contribution in [0.2, 0.25) is 0 Å². The minimum absolute atomic E-state index is 0.0137. The highest BCUT2D eigenvalue weighted by atomic mass is 16.6. The molecule has 0 saturated heterocycles. The number of nitrogens with zero attached hydrogens (tertiary/aromatic N) is 3. The van der Waals surface area contributed by atoms with Crippen molar-refractivity contribution in [2.24, 2.45) is 0 Å². The van der Waals surface area contributed by atoms with Crippen molar-refractivity contribution in [3.63, 3.8) is 0 Å². The Morgan fingerprint density at radius 2 is 2.04 bits per heavy atom. The smallest absolute Gasteiger partial charge is 0.269 e. The predicted molar refractivity (Wildman–Crippen MR) is 96.5 cm³/mol. The number of hydrogen-bond acceptors (Lipinski definition) is 7. The second kappa shape index (κ2) is 8.19. The number of nitro groups is 1. The number of carbonyl (C=O) groups is 1. The van der Waals surface area contributed by atoms with E-state index in [1.807, 2.05) is 0 Å². The van der Waals surface area contributed by atoms with Crippen molar-refractivity contribution in [1.82, 2.24) is 15.3 Å². The van der Waals surface area contributed by atoms with E-state index >= 15 is 0 Å². The Bertz CT molecular complexity index is 961. The molecule has 0 spiro atoms. The Morgan fingerprint density at radius 1 is 1.26 bits per heavy atom. The molecule has 0 bridgehead atoms. The van der Waals surface area contributed by atoms with E-state index in [1.165, 1.54) is 30.5 Å². The Kier molecular flexibility index (Phi) is 5.53. The monoisotopic (exact) mass is 368 g/mol. The fraction of sp³-hybridized carbons (Fsp3) is 0.167. The van der Waals surface area contributed by atoms with E-state index in [2.05, 4.69) is 15.3 Å². The molecule has 1 amide bonds. The third-order valence-corrected chi connectivity index (χ3v) is 3.74. The van der Waals surface area contributed by atoms with Crippen LogP contribution in [0.1, 0.15) is 10.4 Å². The van der Waals surface area contributed by atoms with Gasteiger partial charge in [0.1, 0.15) is 18.5 Å². The first-order valence-electron chi connectivity index (χ1n) is 8.06. The van der Waals surface area contributed by atoms with E-state index in [-0.39, 0.29) is 24.7 Å². The molecule has 2 heterocycles. The van der Waals surface area contributed by atoms with Crippen LogP contribution in [0.25, 0.3) is 10.9 Å². The highest BCUT2D eigenvalue weighted by Crippen LogP contribution is 2.17. The molecule has 0 fully saturated rings. The van der Waals surface area contributed by atoms with Gasteiger partial charge in [-0.05, 0) is 24.3 Å². The molecule has 1 unspecified atom stereocenters. The summed E-state index contributed by atoms with van der Waals surface area (Å²) in [6.07, 6.45) is 3.72.